The number of aliphatic imine (C=N–C) groups is 1. The van der Waals surface area contributed by atoms with Crippen LogP contribution in [0.3, 0.4) is 0 Å². The third-order valence-electron chi connectivity index (χ3n) is 6.06. The van der Waals surface area contributed by atoms with Gasteiger partial charge in [-0.3, -0.25) is 10.1 Å². The number of rotatable bonds is 5. The molecule has 0 aliphatic carbocycles. The first-order valence-corrected chi connectivity index (χ1v) is 14.1. The van der Waals surface area contributed by atoms with Gasteiger partial charge in [0.2, 0.25) is 11.9 Å². The lowest BCUT2D eigenvalue weighted by Gasteiger charge is -2.16. The Labute approximate surface area is 233 Å². The Balaban J connectivity index is 1.81. The molecule has 1 aliphatic rings. The van der Waals surface area contributed by atoms with E-state index in [0.717, 1.165) is 16.7 Å². The predicted octanol–water partition coefficient (Wildman–Crippen LogP) is 4.46. The van der Waals surface area contributed by atoms with Crippen LogP contribution in [0.15, 0.2) is 98.2 Å². The molecule has 1 aliphatic heterocycles. The summed E-state index contributed by atoms with van der Waals surface area (Å²) in [4.78, 5) is 15.7. The van der Waals surface area contributed by atoms with E-state index in [1.807, 2.05) is 56.3 Å². The number of benzene rings is 3. The molecule has 0 saturated heterocycles. The Hall–Kier alpha value is -4.02. The molecule has 1 amide bonds. The van der Waals surface area contributed by atoms with Gasteiger partial charge in [0.05, 0.1) is 17.2 Å². The van der Waals surface area contributed by atoms with Gasteiger partial charge in [0.25, 0.3) is 16.0 Å². The van der Waals surface area contributed by atoms with Gasteiger partial charge < -0.3 is 5.73 Å². The van der Waals surface area contributed by atoms with Crippen LogP contribution in [0.4, 0.5) is 0 Å². The van der Waals surface area contributed by atoms with Crippen LogP contribution in [0.5, 0.6) is 0 Å². The third-order valence-corrected chi connectivity index (χ3v) is 7.58. The van der Waals surface area contributed by atoms with Crippen LogP contribution < -0.4 is 11.1 Å². The minimum Gasteiger partial charge on any atom is -0.369 e. The molecule has 0 radical (unpaired) electrons. The highest BCUT2D eigenvalue weighted by molar-refractivity contribution is 7.90. The molecule has 3 N–H and O–H groups in total. The van der Waals surface area contributed by atoms with E-state index in [0.29, 0.717) is 10.7 Å². The number of amides is 1. The minimum atomic E-state index is -4.20. The van der Waals surface area contributed by atoms with E-state index < -0.39 is 15.9 Å². The van der Waals surface area contributed by atoms with Crippen LogP contribution in [-0.2, 0) is 14.8 Å². The summed E-state index contributed by atoms with van der Waals surface area (Å²) in [7, 11) is -4.20. The number of carbonyl (C=O) groups excluding carboxylic acids is 1. The fraction of sp³-hybridized carbons (Fsp3) is 0.214. The number of nitrogens with one attached hydrogen (secondary N) is 1. The van der Waals surface area contributed by atoms with Gasteiger partial charge in [-0.25, -0.2) is 5.01 Å². The first-order chi connectivity index (χ1) is 18.5. The van der Waals surface area contributed by atoms with Crippen molar-refractivity contribution in [3.8, 4) is 0 Å². The van der Waals surface area contributed by atoms with Crippen LogP contribution in [0, 0.1) is 0 Å². The second-order valence-corrected chi connectivity index (χ2v) is 11.3. The molecular weight excluding hydrogens is 536 g/mol. The van der Waals surface area contributed by atoms with E-state index in [1.165, 1.54) is 24.1 Å². The highest BCUT2D eigenvalue weighted by Gasteiger charge is 2.32. The highest BCUT2D eigenvalue weighted by Crippen LogP contribution is 2.30. The fourth-order valence-corrected chi connectivity index (χ4v) is 5.14. The van der Waals surface area contributed by atoms with Crippen LogP contribution in [-0.4, -0.2) is 43.5 Å². The lowest BCUT2D eigenvalue weighted by atomic mass is 9.91. The fourth-order valence-electron chi connectivity index (χ4n) is 4.08. The van der Waals surface area contributed by atoms with E-state index in [1.54, 1.807) is 24.3 Å². The summed E-state index contributed by atoms with van der Waals surface area (Å²) in [6.45, 7) is 5.54. The van der Waals surface area contributed by atoms with E-state index in [-0.39, 0.29) is 35.2 Å². The molecule has 3 aromatic carbocycles. The Bertz CT molecular complexity index is 1530. The number of hydrazone groups is 1. The molecule has 1 atom stereocenters. The molecular formula is C28H29ClN6O3S. The zero-order valence-electron chi connectivity index (χ0n) is 21.7. The predicted molar refractivity (Wildman–Crippen MR) is 154 cm³/mol. The van der Waals surface area contributed by atoms with Crippen molar-refractivity contribution in [2.24, 2.45) is 20.2 Å². The summed E-state index contributed by atoms with van der Waals surface area (Å²) in [5.41, 5.74) is 9.36. The molecule has 0 spiro atoms. The summed E-state index contributed by atoms with van der Waals surface area (Å²) >= 11 is 6.11. The third kappa shape index (κ3) is 6.90. The van der Waals surface area contributed by atoms with Crippen LogP contribution in [0.2, 0.25) is 5.02 Å². The van der Waals surface area contributed by atoms with Crippen molar-refractivity contribution >= 4 is 45.2 Å². The molecule has 1 unspecified atom stereocenters. The number of halogens is 1. The molecule has 202 valence electrons. The monoisotopic (exact) mass is 564 g/mol. The van der Waals surface area contributed by atoms with Gasteiger partial charge in [0.15, 0.2) is 0 Å². The SMILES string of the molecule is CC(=O)N/C(N)=N/C(=N/S(=O)(=O)c1ccc(C(C)C)cc1)N1CC(c2ccccc2)C(c2ccc(Cl)cc2)=N1. The number of nitrogens with zero attached hydrogens (tertiary/aromatic N) is 4. The Morgan fingerprint density at radius 1 is 1.05 bits per heavy atom. The normalized spacial score (nSPS) is 16.4. The highest BCUT2D eigenvalue weighted by atomic mass is 35.5. The molecule has 9 nitrogen and oxygen atoms in total. The summed E-state index contributed by atoms with van der Waals surface area (Å²) in [6.07, 6.45) is 0. The van der Waals surface area contributed by atoms with E-state index in [4.69, 9.17) is 22.4 Å². The second-order valence-electron chi connectivity index (χ2n) is 9.31. The van der Waals surface area contributed by atoms with Crippen molar-refractivity contribution in [1.82, 2.24) is 10.3 Å². The van der Waals surface area contributed by atoms with Gasteiger partial charge in [-0.15, -0.1) is 4.40 Å². The first-order valence-electron chi connectivity index (χ1n) is 12.3. The van der Waals surface area contributed by atoms with E-state index in [2.05, 4.69) is 14.7 Å². The number of nitrogens with two attached hydrogens (primary N) is 1. The zero-order chi connectivity index (χ0) is 28.2. The molecule has 1 heterocycles. The quantitative estimate of drug-likeness (QED) is 0.349. The summed E-state index contributed by atoms with van der Waals surface area (Å²) < 4.78 is 30.7. The smallest absolute Gasteiger partial charge is 0.285 e. The van der Waals surface area contributed by atoms with Gasteiger partial charge in [-0.1, -0.05) is 80.0 Å². The average Bonchev–Trinajstić information content (AvgIpc) is 3.34. The molecule has 3 aromatic rings. The maximum atomic E-state index is 13.3. The molecule has 0 bridgehead atoms. The molecule has 0 saturated carbocycles. The van der Waals surface area contributed by atoms with E-state index in [9.17, 15) is 13.2 Å². The maximum Gasteiger partial charge on any atom is 0.285 e. The average molecular weight is 565 g/mol. The number of guanidine groups is 2. The lowest BCUT2D eigenvalue weighted by molar-refractivity contribution is -0.117. The van der Waals surface area contributed by atoms with Gasteiger partial charge in [-0.05, 0) is 46.9 Å². The van der Waals surface area contributed by atoms with Crippen molar-refractivity contribution in [1.29, 1.82) is 0 Å². The number of carbonyl (C=O) groups is 1. The van der Waals surface area contributed by atoms with Crippen molar-refractivity contribution in [2.75, 3.05) is 6.54 Å². The zero-order valence-corrected chi connectivity index (χ0v) is 23.3. The van der Waals surface area contributed by atoms with Crippen molar-refractivity contribution < 1.29 is 13.2 Å². The lowest BCUT2D eigenvalue weighted by Crippen LogP contribution is -2.37. The number of hydrogen-bond acceptors (Lipinski definition) is 4. The molecule has 4 rings (SSSR count). The number of hydrogen-bond donors (Lipinski definition) is 2. The van der Waals surface area contributed by atoms with Gasteiger partial charge >= 0.3 is 0 Å². The second kappa shape index (κ2) is 11.8. The topological polar surface area (TPSA) is 130 Å². The standard InChI is InChI=1S/C28H29ClN6O3S/c1-18(2)20-11-15-24(16-12-20)39(37,38)34-28(32-27(30)31-19(3)36)35-17-25(21-7-5-4-6-8-21)26(33-35)22-9-13-23(29)14-10-22/h4-16,18,25H,17H2,1-3H3,(H3,30,31,32,34,36). The van der Waals surface area contributed by atoms with Gasteiger partial charge in [0.1, 0.15) is 0 Å². The van der Waals surface area contributed by atoms with Gasteiger partial charge in [-0.2, -0.15) is 18.5 Å². The molecule has 0 fully saturated rings. The van der Waals surface area contributed by atoms with Crippen molar-refractivity contribution in [3.63, 3.8) is 0 Å². The summed E-state index contributed by atoms with van der Waals surface area (Å²) in [6, 6.07) is 23.4. The van der Waals surface area contributed by atoms with Crippen LogP contribution in [0.1, 0.15) is 49.3 Å². The molecule has 11 heteroatoms. The van der Waals surface area contributed by atoms with Gasteiger partial charge in [0, 0.05) is 17.9 Å². The molecule has 0 aromatic heterocycles. The Morgan fingerprint density at radius 3 is 2.28 bits per heavy atom. The largest absolute Gasteiger partial charge is 0.369 e. The van der Waals surface area contributed by atoms with E-state index >= 15 is 0 Å². The number of sulfonamides is 1. The summed E-state index contributed by atoms with van der Waals surface area (Å²) in [5, 5.41) is 9.05. The maximum absolute atomic E-state index is 13.3. The van der Waals surface area contributed by atoms with Crippen LogP contribution >= 0.6 is 11.6 Å². The van der Waals surface area contributed by atoms with Crippen molar-refractivity contribution in [2.45, 2.75) is 37.5 Å². The minimum absolute atomic E-state index is 0.00147. The molecule has 39 heavy (non-hydrogen) atoms. The summed E-state index contributed by atoms with van der Waals surface area (Å²) in [5.74, 6) is -1.04. The van der Waals surface area contributed by atoms with Crippen molar-refractivity contribution in [3.05, 3.63) is 101 Å². The first kappa shape index (κ1) is 28.0. The Morgan fingerprint density at radius 2 is 1.69 bits per heavy atom. The van der Waals surface area contributed by atoms with Crippen LogP contribution in [0.25, 0.3) is 0 Å². The Kier molecular flexibility index (Phi) is 8.47.